The van der Waals surface area contributed by atoms with Crippen LogP contribution in [0.1, 0.15) is 70.6 Å². The SMILES string of the molecule is CCC[C@H](c1ccc(C(=O)NCCC(=O)O)cc1)C(c1ccc(Cl)cc1)c1c[nH]c2c(F)cc(C)cc12. The lowest BCUT2D eigenvalue weighted by Gasteiger charge is -2.28. The van der Waals surface area contributed by atoms with E-state index in [2.05, 4.69) is 17.2 Å². The lowest BCUT2D eigenvalue weighted by molar-refractivity contribution is -0.136. The highest BCUT2D eigenvalue weighted by molar-refractivity contribution is 6.30. The van der Waals surface area contributed by atoms with Crippen molar-refractivity contribution in [2.75, 3.05) is 6.54 Å². The molecule has 0 aliphatic carbocycles. The predicted molar refractivity (Wildman–Crippen MR) is 145 cm³/mol. The van der Waals surface area contributed by atoms with E-state index in [1.807, 2.05) is 55.6 Å². The molecule has 0 bridgehead atoms. The van der Waals surface area contributed by atoms with Gasteiger partial charge >= 0.3 is 5.97 Å². The summed E-state index contributed by atoms with van der Waals surface area (Å²) < 4.78 is 14.8. The number of H-pyrrole nitrogens is 1. The molecule has 4 rings (SSSR count). The molecular weight excluding hydrogens is 491 g/mol. The quantitative estimate of drug-likeness (QED) is 0.207. The highest BCUT2D eigenvalue weighted by Crippen LogP contribution is 2.44. The Labute approximate surface area is 220 Å². The van der Waals surface area contributed by atoms with Crippen molar-refractivity contribution >= 4 is 34.4 Å². The van der Waals surface area contributed by atoms with Crippen molar-refractivity contribution in [1.82, 2.24) is 10.3 Å². The number of aliphatic carboxylic acids is 1. The van der Waals surface area contributed by atoms with Crippen LogP contribution in [0.3, 0.4) is 0 Å². The minimum Gasteiger partial charge on any atom is -0.481 e. The molecule has 1 unspecified atom stereocenters. The number of carboxylic acids is 1. The number of aryl methyl sites for hydroxylation is 1. The molecule has 1 aromatic heterocycles. The van der Waals surface area contributed by atoms with Crippen molar-refractivity contribution in [1.29, 1.82) is 0 Å². The van der Waals surface area contributed by atoms with E-state index in [1.165, 1.54) is 6.07 Å². The molecule has 3 N–H and O–H groups in total. The molecule has 0 aliphatic heterocycles. The van der Waals surface area contributed by atoms with Crippen LogP contribution >= 0.6 is 11.6 Å². The second-order valence-electron chi connectivity index (χ2n) is 9.36. The fourth-order valence-corrected chi connectivity index (χ4v) is 5.13. The first-order valence-corrected chi connectivity index (χ1v) is 12.8. The maximum Gasteiger partial charge on any atom is 0.305 e. The van der Waals surface area contributed by atoms with Crippen molar-refractivity contribution in [3.8, 4) is 0 Å². The molecule has 37 heavy (non-hydrogen) atoms. The van der Waals surface area contributed by atoms with E-state index < -0.39 is 5.97 Å². The fraction of sp³-hybridized carbons (Fsp3) is 0.267. The molecule has 1 amide bonds. The van der Waals surface area contributed by atoms with Crippen LogP contribution in [0, 0.1) is 12.7 Å². The van der Waals surface area contributed by atoms with Gasteiger partial charge in [-0.25, -0.2) is 4.39 Å². The molecule has 0 aliphatic rings. The van der Waals surface area contributed by atoms with Crippen LogP contribution in [0.2, 0.25) is 5.02 Å². The maximum atomic E-state index is 14.8. The summed E-state index contributed by atoms with van der Waals surface area (Å²) >= 11 is 6.21. The molecule has 5 nitrogen and oxygen atoms in total. The van der Waals surface area contributed by atoms with Gasteiger partial charge in [0.25, 0.3) is 5.91 Å². The van der Waals surface area contributed by atoms with Gasteiger partial charge in [0.2, 0.25) is 0 Å². The lowest BCUT2D eigenvalue weighted by atomic mass is 9.75. The number of fused-ring (bicyclic) bond motifs is 1. The van der Waals surface area contributed by atoms with Crippen LogP contribution < -0.4 is 5.32 Å². The van der Waals surface area contributed by atoms with Crippen LogP contribution in [-0.2, 0) is 4.79 Å². The Kier molecular flexibility index (Phi) is 8.29. The van der Waals surface area contributed by atoms with Crippen molar-refractivity contribution in [3.63, 3.8) is 0 Å². The number of amides is 1. The number of aromatic nitrogens is 1. The van der Waals surface area contributed by atoms with Crippen LogP contribution in [0.4, 0.5) is 4.39 Å². The Morgan fingerprint density at radius 1 is 1.05 bits per heavy atom. The van der Waals surface area contributed by atoms with E-state index in [4.69, 9.17) is 16.7 Å². The molecule has 0 spiro atoms. The van der Waals surface area contributed by atoms with E-state index in [-0.39, 0.29) is 36.5 Å². The lowest BCUT2D eigenvalue weighted by Crippen LogP contribution is -2.26. The van der Waals surface area contributed by atoms with Crippen LogP contribution in [-0.4, -0.2) is 28.5 Å². The molecule has 192 valence electrons. The molecule has 7 heteroatoms. The summed E-state index contributed by atoms with van der Waals surface area (Å²) in [7, 11) is 0. The van der Waals surface area contributed by atoms with Crippen LogP contribution in [0.15, 0.2) is 66.9 Å². The van der Waals surface area contributed by atoms with Gasteiger partial charge < -0.3 is 15.4 Å². The topological polar surface area (TPSA) is 82.2 Å². The van der Waals surface area contributed by atoms with E-state index in [0.717, 1.165) is 40.5 Å². The van der Waals surface area contributed by atoms with Gasteiger partial charge in [-0.1, -0.05) is 49.2 Å². The Bertz CT molecular complexity index is 1400. The zero-order valence-electron chi connectivity index (χ0n) is 20.9. The zero-order chi connectivity index (χ0) is 26.5. The Morgan fingerprint density at radius 2 is 1.73 bits per heavy atom. The van der Waals surface area contributed by atoms with Gasteiger partial charge in [-0.3, -0.25) is 9.59 Å². The van der Waals surface area contributed by atoms with Gasteiger partial charge in [0, 0.05) is 34.6 Å². The van der Waals surface area contributed by atoms with Crippen molar-refractivity contribution in [3.05, 3.63) is 106 Å². The number of rotatable bonds is 10. The fourth-order valence-electron chi connectivity index (χ4n) is 5.00. The highest BCUT2D eigenvalue weighted by Gasteiger charge is 2.29. The summed E-state index contributed by atoms with van der Waals surface area (Å²) in [6, 6.07) is 18.8. The zero-order valence-corrected chi connectivity index (χ0v) is 21.6. The van der Waals surface area contributed by atoms with Gasteiger partial charge in [0.15, 0.2) is 0 Å². The number of aromatic amines is 1. The monoisotopic (exact) mass is 520 g/mol. The summed E-state index contributed by atoms with van der Waals surface area (Å²) in [4.78, 5) is 26.3. The van der Waals surface area contributed by atoms with E-state index in [1.54, 1.807) is 12.1 Å². The van der Waals surface area contributed by atoms with Crippen LogP contribution in [0.25, 0.3) is 10.9 Å². The van der Waals surface area contributed by atoms with Gasteiger partial charge in [-0.05, 0) is 77.9 Å². The van der Waals surface area contributed by atoms with Crippen molar-refractivity contribution < 1.29 is 19.1 Å². The Morgan fingerprint density at radius 3 is 2.38 bits per heavy atom. The molecule has 0 fully saturated rings. The van der Waals surface area contributed by atoms with Crippen molar-refractivity contribution in [2.45, 2.75) is 44.9 Å². The predicted octanol–water partition coefficient (Wildman–Crippen LogP) is 7.19. The minimum atomic E-state index is -0.960. The third kappa shape index (κ3) is 6.03. The first-order valence-electron chi connectivity index (χ1n) is 12.4. The number of carbonyl (C=O) groups is 2. The standard InChI is InChI=1S/C30H30ClFN2O3/c1-3-4-23(19-5-7-21(8-6-19)30(37)33-14-13-27(35)36)28(20-9-11-22(31)12-10-20)25-17-34-29-24(25)15-18(2)16-26(29)32/h5-12,15-17,23,28,34H,3-4,13-14H2,1-2H3,(H,33,37)(H,35,36)/t23-,28?/m1/s1. The van der Waals surface area contributed by atoms with E-state index in [0.29, 0.717) is 16.1 Å². The average Bonchev–Trinajstić information content (AvgIpc) is 3.28. The molecule has 0 saturated heterocycles. The van der Waals surface area contributed by atoms with Gasteiger partial charge in [0.05, 0.1) is 11.9 Å². The number of hydrogen-bond donors (Lipinski definition) is 3. The largest absolute Gasteiger partial charge is 0.481 e. The number of halogens is 2. The molecular formula is C30H30ClFN2O3. The second kappa shape index (κ2) is 11.6. The molecule has 2 atom stereocenters. The molecule has 3 aromatic carbocycles. The normalized spacial score (nSPS) is 12.9. The van der Waals surface area contributed by atoms with Gasteiger partial charge in [-0.15, -0.1) is 0 Å². The third-order valence-electron chi connectivity index (χ3n) is 6.71. The second-order valence-corrected chi connectivity index (χ2v) is 9.80. The summed E-state index contributed by atoms with van der Waals surface area (Å²) in [5.74, 6) is -1.57. The Balaban J connectivity index is 1.76. The first-order chi connectivity index (χ1) is 17.8. The van der Waals surface area contributed by atoms with Gasteiger partial charge in [0.1, 0.15) is 5.82 Å². The third-order valence-corrected chi connectivity index (χ3v) is 6.96. The smallest absolute Gasteiger partial charge is 0.305 e. The van der Waals surface area contributed by atoms with Crippen molar-refractivity contribution in [2.24, 2.45) is 0 Å². The number of hydrogen-bond acceptors (Lipinski definition) is 2. The summed E-state index contributed by atoms with van der Waals surface area (Å²) in [5.41, 5.74) is 4.95. The van der Waals surface area contributed by atoms with Gasteiger partial charge in [-0.2, -0.15) is 0 Å². The molecule has 0 saturated carbocycles. The number of carboxylic acid groups (broad SMARTS) is 1. The molecule has 0 radical (unpaired) electrons. The van der Waals surface area contributed by atoms with Crippen LogP contribution in [0.5, 0.6) is 0 Å². The summed E-state index contributed by atoms with van der Waals surface area (Å²) in [5, 5.41) is 12.9. The minimum absolute atomic E-state index is 0.0536. The average molecular weight is 521 g/mol. The highest BCUT2D eigenvalue weighted by atomic mass is 35.5. The number of benzene rings is 3. The van der Waals surface area contributed by atoms with E-state index >= 15 is 0 Å². The maximum absolute atomic E-state index is 14.8. The Hall–Kier alpha value is -3.64. The van der Waals surface area contributed by atoms with E-state index in [9.17, 15) is 14.0 Å². The number of carbonyl (C=O) groups excluding carboxylic acids is 1. The first kappa shape index (κ1) is 26.4. The summed E-state index contributed by atoms with van der Waals surface area (Å²) in [6.07, 6.45) is 3.58. The molecule has 4 aromatic rings. The number of nitrogens with one attached hydrogen (secondary N) is 2. The molecule has 1 heterocycles. The summed E-state index contributed by atoms with van der Waals surface area (Å²) in [6.45, 7) is 4.10.